The van der Waals surface area contributed by atoms with E-state index >= 15 is 0 Å². The fourth-order valence-corrected chi connectivity index (χ4v) is 3.57. The number of guanidine groups is 1. The highest BCUT2D eigenvalue weighted by Gasteiger charge is 2.33. The minimum Gasteiger partial charge on any atom is -0.480 e. The van der Waals surface area contributed by atoms with Gasteiger partial charge in [0.2, 0.25) is 17.7 Å². The van der Waals surface area contributed by atoms with E-state index in [-0.39, 0.29) is 31.3 Å². The van der Waals surface area contributed by atoms with Crippen LogP contribution in [0.15, 0.2) is 4.99 Å². The lowest BCUT2D eigenvalue weighted by atomic mass is 10.0. The van der Waals surface area contributed by atoms with E-state index in [4.69, 9.17) is 11.5 Å². The normalized spacial score (nSPS) is 18.9. The SMILES string of the molecule is CC(C)CC(NC(=O)C(NC(=O)C1CCCN1)C(C)O)C(=O)NC(CCCN=C(N)N)C(=O)O. The molecule has 1 fully saturated rings. The maximum Gasteiger partial charge on any atom is 0.326 e. The Kier molecular flexibility index (Phi) is 12.3. The quantitative estimate of drug-likeness (QED) is 0.0755. The fraction of sp³-hybridized carbons (Fsp3) is 0.762. The summed E-state index contributed by atoms with van der Waals surface area (Å²) in [5, 5.41) is 30.1. The number of nitrogens with two attached hydrogens (primary N) is 2. The van der Waals surface area contributed by atoms with Gasteiger partial charge in [-0.1, -0.05) is 13.8 Å². The number of amides is 3. The van der Waals surface area contributed by atoms with Gasteiger partial charge in [-0.25, -0.2) is 4.79 Å². The molecule has 1 aliphatic heterocycles. The molecule has 0 spiro atoms. The molecular formula is C21H39N7O6. The Morgan fingerprint density at radius 1 is 1.06 bits per heavy atom. The Labute approximate surface area is 199 Å². The lowest BCUT2D eigenvalue weighted by Crippen LogP contribution is -2.59. The number of aliphatic hydroxyl groups is 1. The first kappa shape index (κ1) is 29.1. The van der Waals surface area contributed by atoms with E-state index in [1.165, 1.54) is 6.92 Å². The van der Waals surface area contributed by atoms with E-state index in [2.05, 4.69) is 26.3 Å². The van der Waals surface area contributed by atoms with Gasteiger partial charge in [0, 0.05) is 6.54 Å². The highest BCUT2D eigenvalue weighted by Crippen LogP contribution is 2.09. The van der Waals surface area contributed by atoms with Crippen LogP contribution in [0.5, 0.6) is 0 Å². The molecule has 5 atom stereocenters. The first-order valence-corrected chi connectivity index (χ1v) is 11.5. The van der Waals surface area contributed by atoms with Crippen LogP contribution in [0.2, 0.25) is 0 Å². The lowest BCUT2D eigenvalue weighted by Gasteiger charge is -2.27. The number of rotatable bonds is 14. The zero-order valence-electron chi connectivity index (χ0n) is 20.0. The molecule has 13 nitrogen and oxygen atoms in total. The summed E-state index contributed by atoms with van der Waals surface area (Å²) in [7, 11) is 0. The van der Waals surface area contributed by atoms with Gasteiger partial charge in [0.05, 0.1) is 12.1 Å². The second-order valence-corrected chi connectivity index (χ2v) is 8.91. The zero-order valence-corrected chi connectivity index (χ0v) is 20.0. The molecule has 1 rings (SSSR count). The van der Waals surface area contributed by atoms with E-state index in [1.54, 1.807) is 0 Å². The molecule has 1 aliphatic rings. The molecule has 1 saturated heterocycles. The maximum absolute atomic E-state index is 12.9. The Morgan fingerprint density at radius 3 is 2.21 bits per heavy atom. The van der Waals surface area contributed by atoms with Crippen LogP contribution >= 0.6 is 0 Å². The topological polar surface area (TPSA) is 221 Å². The van der Waals surface area contributed by atoms with Crippen LogP contribution in [0.4, 0.5) is 0 Å². The number of carbonyl (C=O) groups is 4. The Morgan fingerprint density at radius 2 is 1.71 bits per heavy atom. The van der Waals surface area contributed by atoms with Crippen molar-refractivity contribution in [2.45, 2.75) is 83.1 Å². The summed E-state index contributed by atoms with van der Waals surface area (Å²) < 4.78 is 0. The maximum atomic E-state index is 12.9. The predicted octanol–water partition coefficient (Wildman–Crippen LogP) is -2.24. The predicted molar refractivity (Wildman–Crippen MR) is 125 cm³/mol. The molecule has 194 valence electrons. The number of aliphatic hydroxyl groups excluding tert-OH is 1. The van der Waals surface area contributed by atoms with Crippen molar-refractivity contribution in [2.24, 2.45) is 22.4 Å². The van der Waals surface area contributed by atoms with E-state index in [0.717, 1.165) is 6.42 Å². The number of carboxylic acids is 1. The average molecular weight is 486 g/mol. The molecule has 0 radical (unpaired) electrons. The number of hydrogen-bond acceptors (Lipinski definition) is 7. The second kappa shape index (κ2) is 14.4. The van der Waals surface area contributed by atoms with Gasteiger partial charge < -0.3 is 42.9 Å². The first-order valence-electron chi connectivity index (χ1n) is 11.5. The Balaban J connectivity index is 2.84. The first-order chi connectivity index (χ1) is 15.9. The molecule has 13 heteroatoms. The van der Waals surface area contributed by atoms with Crippen molar-refractivity contribution in [1.82, 2.24) is 21.3 Å². The lowest BCUT2D eigenvalue weighted by molar-refractivity contribution is -0.142. The molecule has 0 aromatic heterocycles. The van der Waals surface area contributed by atoms with Crippen LogP contribution in [0.1, 0.15) is 52.9 Å². The average Bonchev–Trinajstić information content (AvgIpc) is 3.27. The van der Waals surface area contributed by atoms with Crippen molar-refractivity contribution in [2.75, 3.05) is 13.1 Å². The van der Waals surface area contributed by atoms with Crippen LogP contribution in [0.25, 0.3) is 0 Å². The monoisotopic (exact) mass is 485 g/mol. The third kappa shape index (κ3) is 10.3. The zero-order chi connectivity index (χ0) is 25.8. The highest BCUT2D eigenvalue weighted by atomic mass is 16.4. The molecule has 1 heterocycles. The minimum atomic E-state index is -1.27. The van der Waals surface area contributed by atoms with Crippen LogP contribution in [0, 0.1) is 5.92 Å². The van der Waals surface area contributed by atoms with Gasteiger partial charge in [0.15, 0.2) is 5.96 Å². The summed E-state index contributed by atoms with van der Waals surface area (Å²) >= 11 is 0. The number of hydrogen-bond donors (Lipinski definition) is 8. The van der Waals surface area contributed by atoms with Crippen molar-refractivity contribution in [3.05, 3.63) is 0 Å². The number of aliphatic carboxylic acids is 1. The summed E-state index contributed by atoms with van der Waals surface area (Å²) in [6.07, 6.45) is 0.871. The minimum absolute atomic E-state index is 0.0107. The molecule has 3 amide bonds. The van der Waals surface area contributed by atoms with Crippen molar-refractivity contribution < 1.29 is 29.4 Å². The second-order valence-electron chi connectivity index (χ2n) is 8.91. The molecule has 5 unspecified atom stereocenters. The largest absolute Gasteiger partial charge is 0.480 e. The number of nitrogens with one attached hydrogen (secondary N) is 4. The van der Waals surface area contributed by atoms with Crippen molar-refractivity contribution in [3.63, 3.8) is 0 Å². The van der Waals surface area contributed by atoms with Gasteiger partial charge in [0.25, 0.3) is 0 Å². The van der Waals surface area contributed by atoms with E-state index in [0.29, 0.717) is 19.4 Å². The van der Waals surface area contributed by atoms with E-state index in [1.807, 2.05) is 13.8 Å². The molecule has 0 saturated carbocycles. The van der Waals surface area contributed by atoms with Gasteiger partial charge in [-0.2, -0.15) is 0 Å². The van der Waals surface area contributed by atoms with Crippen LogP contribution in [-0.2, 0) is 19.2 Å². The summed E-state index contributed by atoms with van der Waals surface area (Å²) in [4.78, 5) is 53.6. The van der Waals surface area contributed by atoms with Gasteiger partial charge in [-0.3, -0.25) is 19.4 Å². The molecule has 34 heavy (non-hydrogen) atoms. The van der Waals surface area contributed by atoms with Crippen molar-refractivity contribution in [1.29, 1.82) is 0 Å². The van der Waals surface area contributed by atoms with Crippen LogP contribution in [-0.4, -0.2) is 83.2 Å². The van der Waals surface area contributed by atoms with Gasteiger partial charge >= 0.3 is 5.97 Å². The summed E-state index contributed by atoms with van der Waals surface area (Å²) in [6, 6.07) is -3.98. The summed E-state index contributed by atoms with van der Waals surface area (Å²) in [6.45, 7) is 5.95. The summed E-state index contributed by atoms with van der Waals surface area (Å²) in [5.41, 5.74) is 10.5. The number of aliphatic imine (C=N–C) groups is 1. The third-order valence-electron chi connectivity index (χ3n) is 5.34. The number of carbonyl (C=O) groups excluding carboxylic acids is 3. The van der Waals surface area contributed by atoms with E-state index < -0.39 is 54.0 Å². The molecule has 0 aromatic rings. The van der Waals surface area contributed by atoms with Crippen molar-refractivity contribution >= 4 is 29.7 Å². The van der Waals surface area contributed by atoms with Gasteiger partial charge in [-0.15, -0.1) is 0 Å². The highest BCUT2D eigenvalue weighted by molar-refractivity contribution is 5.94. The number of carboxylic acid groups (broad SMARTS) is 1. The van der Waals surface area contributed by atoms with Crippen LogP contribution < -0.4 is 32.7 Å². The molecule has 10 N–H and O–H groups in total. The standard InChI is InChI=1S/C21H39N7O6/c1-11(2)10-15(18(31)26-14(20(33)34)7-5-9-25-21(22)23)27-19(32)16(12(3)29)28-17(30)13-6-4-8-24-13/h11-16,24,29H,4-10H2,1-3H3,(H,26,31)(H,27,32)(H,28,30)(H,33,34)(H4,22,23,25). The number of nitrogens with zero attached hydrogens (tertiary/aromatic N) is 1. The van der Waals surface area contributed by atoms with Gasteiger partial charge in [0.1, 0.15) is 18.1 Å². The Hall–Kier alpha value is -2.93. The smallest absolute Gasteiger partial charge is 0.326 e. The molecular weight excluding hydrogens is 446 g/mol. The van der Waals surface area contributed by atoms with E-state index in [9.17, 15) is 29.4 Å². The van der Waals surface area contributed by atoms with Crippen LogP contribution in [0.3, 0.4) is 0 Å². The van der Waals surface area contributed by atoms with Crippen molar-refractivity contribution in [3.8, 4) is 0 Å². The molecule has 0 aromatic carbocycles. The molecule has 0 aliphatic carbocycles. The molecule has 0 bridgehead atoms. The third-order valence-corrected chi connectivity index (χ3v) is 5.34. The Bertz CT molecular complexity index is 733. The fourth-order valence-electron chi connectivity index (χ4n) is 3.57. The summed E-state index contributed by atoms with van der Waals surface area (Å²) in [5.74, 6) is -3.17. The van der Waals surface area contributed by atoms with Gasteiger partial charge in [-0.05, 0) is 51.5 Å².